The van der Waals surface area contributed by atoms with Crippen molar-refractivity contribution in [2.24, 2.45) is 0 Å². The maximum Gasteiger partial charge on any atom is 0.0596 e. The summed E-state index contributed by atoms with van der Waals surface area (Å²) in [7, 11) is 1.96. The summed E-state index contributed by atoms with van der Waals surface area (Å²) in [4.78, 5) is 4.06. The first-order valence-corrected chi connectivity index (χ1v) is 7.33. The average molecular weight is 340 g/mol. The van der Waals surface area contributed by atoms with Crippen LogP contribution in [0.5, 0.6) is 0 Å². The van der Waals surface area contributed by atoms with Crippen LogP contribution < -0.4 is 5.32 Å². The molecule has 0 fully saturated rings. The number of benzene rings is 1. The third kappa shape index (κ3) is 3.16. The van der Waals surface area contributed by atoms with Crippen LogP contribution in [0.2, 0.25) is 5.02 Å². The summed E-state index contributed by atoms with van der Waals surface area (Å²) in [5.74, 6) is 0.305. The summed E-state index contributed by atoms with van der Waals surface area (Å²) < 4.78 is 0.925. The van der Waals surface area contributed by atoms with Gasteiger partial charge in [0.1, 0.15) is 0 Å². The van der Waals surface area contributed by atoms with E-state index in [0.29, 0.717) is 5.92 Å². The van der Waals surface area contributed by atoms with Crippen LogP contribution in [0.4, 0.5) is 0 Å². The lowest BCUT2D eigenvalue weighted by molar-refractivity contribution is 0.507. The number of nitrogens with zero attached hydrogens (tertiary/aromatic N) is 1. The van der Waals surface area contributed by atoms with Crippen molar-refractivity contribution in [2.45, 2.75) is 18.9 Å². The largest absolute Gasteiger partial charge is 0.312 e. The van der Waals surface area contributed by atoms with Crippen LogP contribution in [0, 0.1) is 0 Å². The maximum atomic E-state index is 6.40. The fourth-order valence-corrected chi connectivity index (χ4v) is 2.92. The van der Waals surface area contributed by atoms with Gasteiger partial charge < -0.3 is 5.32 Å². The zero-order valence-corrected chi connectivity index (χ0v) is 13.2. The number of halogens is 2. The van der Waals surface area contributed by atoms with Crippen molar-refractivity contribution in [3.8, 4) is 0 Å². The normalized spacial score (nSPS) is 14.1. The maximum absolute atomic E-state index is 6.40. The summed E-state index contributed by atoms with van der Waals surface area (Å²) in [5, 5.41) is 4.13. The molecule has 2 unspecified atom stereocenters. The molecule has 0 saturated heterocycles. The average Bonchev–Trinajstić information content (AvgIpc) is 2.45. The van der Waals surface area contributed by atoms with Gasteiger partial charge in [0.15, 0.2) is 0 Å². The van der Waals surface area contributed by atoms with Gasteiger partial charge in [0, 0.05) is 28.8 Å². The highest BCUT2D eigenvalue weighted by molar-refractivity contribution is 9.10. The number of likely N-dealkylation sites (N-methyl/N-ethyl adjacent to an activating group) is 1. The highest BCUT2D eigenvalue weighted by atomic mass is 79.9. The fraction of sp³-hybridized carbons (Fsp3) is 0.267. The Morgan fingerprint density at radius 1 is 1.21 bits per heavy atom. The molecular formula is C15H16BrClN2. The zero-order valence-electron chi connectivity index (χ0n) is 10.9. The second-order valence-corrected chi connectivity index (χ2v) is 5.71. The Kier molecular flexibility index (Phi) is 4.97. The van der Waals surface area contributed by atoms with Gasteiger partial charge in [-0.2, -0.15) is 0 Å². The van der Waals surface area contributed by atoms with E-state index in [4.69, 9.17) is 11.6 Å². The highest BCUT2D eigenvalue weighted by Crippen LogP contribution is 2.36. The van der Waals surface area contributed by atoms with Crippen molar-refractivity contribution in [2.75, 3.05) is 7.05 Å². The standard InChI is InChI=1S/C15H16BrClN2/c1-10(11-6-8-19-9-7-11)15(18-2)12-4-3-5-13(16)14(12)17/h3-10,15,18H,1-2H3. The van der Waals surface area contributed by atoms with Crippen molar-refractivity contribution in [3.63, 3.8) is 0 Å². The van der Waals surface area contributed by atoms with Crippen molar-refractivity contribution < 1.29 is 0 Å². The summed E-state index contributed by atoms with van der Waals surface area (Å²) in [6.07, 6.45) is 3.64. The molecule has 2 aromatic rings. The van der Waals surface area contributed by atoms with Crippen LogP contribution in [0.15, 0.2) is 47.2 Å². The Hall–Kier alpha value is -0.900. The van der Waals surface area contributed by atoms with Gasteiger partial charge in [-0.25, -0.2) is 0 Å². The van der Waals surface area contributed by atoms with Crippen LogP contribution in [0.3, 0.4) is 0 Å². The molecule has 2 atom stereocenters. The third-order valence-corrected chi connectivity index (χ3v) is 4.67. The van der Waals surface area contributed by atoms with Crippen LogP contribution in [0.1, 0.15) is 30.0 Å². The zero-order chi connectivity index (χ0) is 13.8. The van der Waals surface area contributed by atoms with Crippen LogP contribution in [-0.2, 0) is 0 Å². The lowest BCUT2D eigenvalue weighted by Crippen LogP contribution is -2.22. The van der Waals surface area contributed by atoms with Crippen molar-refractivity contribution in [1.82, 2.24) is 10.3 Å². The van der Waals surface area contributed by atoms with E-state index in [1.54, 1.807) is 0 Å². The summed E-state index contributed by atoms with van der Waals surface area (Å²) in [5.41, 5.74) is 2.34. The number of hydrogen-bond donors (Lipinski definition) is 1. The molecule has 2 nitrogen and oxygen atoms in total. The molecule has 0 saturated carbocycles. The molecule has 0 aliphatic carbocycles. The van der Waals surface area contributed by atoms with E-state index < -0.39 is 0 Å². The van der Waals surface area contributed by atoms with Crippen LogP contribution in [0.25, 0.3) is 0 Å². The Morgan fingerprint density at radius 3 is 2.53 bits per heavy atom. The molecule has 100 valence electrons. The first-order valence-electron chi connectivity index (χ1n) is 6.16. The number of aromatic nitrogens is 1. The topological polar surface area (TPSA) is 24.9 Å². The molecule has 0 aliphatic heterocycles. The van der Waals surface area contributed by atoms with Crippen molar-refractivity contribution in [3.05, 3.63) is 63.3 Å². The van der Waals surface area contributed by atoms with Gasteiger partial charge in [0.25, 0.3) is 0 Å². The molecule has 2 rings (SSSR count). The van der Waals surface area contributed by atoms with Gasteiger partial charge in [0.2, 0.25) is 0 Å². The van der Waals surface area contributed by atoms with Crippen LogP contribution in [-0.4, -0.2) is 12.0 Å². The van der Waals surface area contributed by atoms with E-state index in [0.717, 1.165) is 15.1 Å². The fourth-order valence-electron chi connectivity index (χ4n) is 2.29. The molecule has 0 radical (unpaired) electrons. The van der Waals surface area contributed by atoms with Gasteiger partial charge >= 0.3 is 0 Å². The molecule has 0 bridgehead atoms. The Morgan fingerprint density at radius 2 is 1.89 bits per heavy atom. The molecular weight excluding hydrogens is 324 g/mol. The molecule has 0 amide bonds. The highest BCUT2D eigenvalue weighted by Gasteiger charge is 2.22. The summed E-state index contributed by atoms with van der Waals surface area (Å²) >= 11 is 9.88. The van der Waals surface area contributed by atoms with E-state index in [9.17, 15) is 0 Å². The molecule has 0 aliphatic rings. The number of hydrogen-bond acceptors (Lipinski definition) is 2. The number of pyridine rings is 1. The van der Waals surface area contributed by atoms with Gasteiger partial charge in [-0.15, -0.1) is 0 Å². The molecule has 19 heavy (non-hydrogen) atoms. The predicted octanol–water partition coefficient (Wildman–Crippen LogP) is 4.56. The van der Waals surface area contributed by atoms with Gasteiger partial charge in [-0.3, -0.25) is 4.98 Å². The van der Waals surface area contributed by atoms with E-state index >= 15 is 0 Å². The van der Waals surface area contributed by atoms with E-state index in [1.807, 2.05) is 43.7 Å². The molecule has 1 aromatic carbocycles. The first-order chi connectivity index (χ1) is 9.15. The van der Waals surface area contributed by atoms with E-state index in [-0.39, 0.29) is 6.04 Å². The van der Waals surface area contributed by atoms with Gasteiger partial charge in [-0.05, 0) is 52.3 Å². The number of nitrogens with one attached hydrogen (secondary N) is 1. The van der Waals surface area contributed by atoms with E-state index in [1.165, 1.54) is 5.56 Å². The third-order valence-electron chi connectivity index (χ3n) is 3.36. The summed E-state index contributed by atoms with van der Waals surface area (Å²) in [6, 6.07) is 10.3. The SMILES string of the molecule is CNC(c1cccc(Br)c1Cl)C(C)c1ccncc1. The molecule has 1 heterocycles. The van der Waals surface area contributed by atoms with Crippen molar-refractivity contribution >= 4 is 27.5 Å². The second-order valence-electron chi connectivity index (χ2n) is 4.48. The quantitative estimate of drug-likeness (QED) is 0.883. The Balaban J connectivity index is 2.37. The molecule has 1 aromatic heterocycles. The monoisotopic (exact) mass is 338 g/mol. The van der Waals surface area contributed by atoms with Crippen LogP contribution >= 0.6 is 27.5 Å². The van der Waals surface area contributed by atoms with Gasteiger partial charge in [-0.1, -0.05) is 30.7 Å². The minimum Gasteiger partial charge on any atom is -0.312 e. The smallest absolute Gasteiger partial charge is 0.0596 e. The summed E-state index contributed by atoms with van der Waals surface area (Å²) in [6.45, 7) is 2.19. The minimum absolute atomic E-state index is 0.160. The molecule has 4 heteroatoms. The second kappa shape index (κ2) is 6.51. The Labute approximate surface area is 127 Å². The predicted molar refractivity (Wildman–Crippen MR) is 83.6 cm³/mol. The van der Waals surface area contributed by atoms with E-state index in [2.05, 4.69) is 39.2 Å². The minimum atomic E-state index is 0.160. The number of rotatable bonds is 4. The Bertz CT molecular complexity index is 545. The lowest BCUT2D eigenvalue weighted by Gasteiger charge is -2.25. The first kappa shape index (κ1) is 14.5. The molecule has 1 N–H and O–H groups in total. The van der Waals surface area contributed by atoms with Gasteiger partial charge in [0.05, 0.1) is 5.02 Å². The van der Waals surface area contributed by atoms with Crippen molar-refractivity contribution in [1.29, 1.82) is 0 Å². The molecule has 0 spiro atoms. The lowest BCUT2D eigenvalue weighted by atomic mass is 9.89.